The number of methoxy groups -OCH3 is 1. The van der Waals surface area contributed by atoms with Crippen molar-refractivity contribution >= 4 is 34.9 Å². The summed E-state index contributed by atoms with van der Waals surface area (Å²) in [7, 11) is 1.55. The molecule has 1 heterocycles. The van der Waals surface area contributed by atoms with Gasteiger partial charge in [0.2, 0.25) is 0 Å². The molecule has 2 saturated carbocycles. The molecule has 0 amide bonds. The minimum atomic E-state index is -0.962. The van der Waals surface area contributed by atoms with Crippen molar-refractivity contribution in [1.29, 1.82) is 0 Å². The molecular weight excluding hydrogens is 452 g/mol. The molecule has 1 aromatic carbocycles. The maximum atomic E-state index is 11.2. The number of nitrogens with zero attached hydrogens (tertiary/aromatic N) is 1. The van der Waals surface area contributed by atoms with E-state index in [1.54, 1.807) is 30.6 Å². The fourth-order valence-electron chi connectivity index (χ4n) is 5.72. The molecule has 2 N–H and O–H groups in total. The number of carboxylic acid groups (broad SMARTS) is 1. The zero-order chi connectivity index (χ0) is 23.2. The van der Waals surface area contributed by atoms with Crippen molar-refractivity contribution in [3.8, 4) is 5.75 Å². The Morgan fingerprint density at radius 1 is 1.15 bits per heavy atom. The van der Waals surface area contributed by atoms with E-state index in [2.05, 4.69) is 17.0 Å². The number of anilines is 1. The fraction of sp³-hybridized carbons (Fsp3) is 0.615. The van der Waals surface area contributed by atoms with Crippen LogP contribution in [0.4, 0.5) is 5.69 Å². The Morgan fingerprint density at radius 3 is 2.48 bits per heavy atom. The number of nitrogens with one attached hydrogen (secondary N) is 1. The van der Waals surface area contributed by atoms with Crippen LogP contribution in [0.3, 0.4) is 0 Å². The molecule has 2 aromatic rings. The summed E-state index contributed by atoms with van der Waals surface area (Å²) in [5.41, 5.74) is 0.958. The number of carboxylic acids is 1. The zero-order valence-corrected chi connectivity index (χ0v) is 21.4. The molecule has 7 heteroatoms. The largest absolute Gasteiger partial charge is 0.495 e. The van der Waals surface area contributed by atoms with E-state index in [0.29, 0.717) is 11.7 Å². The van der Waals surface area contributed by atoms with Gasteiger partial charge in [-0.1, -0.05) is 32.6 Å². The molecule has 2 aliphatic carbocycles. The van der Waals surface area contributed by atoms with Crippen LogP contribution >= 0.6 is 23.3 Å². The molecule has 0 saturated heterocycles. The third-order valence-electron chi connectivity index (χ3n) is 7.59. The first kappa shape index (κ1) is 24.4. The van der Waals surface area contributed by atoms with Crippen molar-refractivity contribution in [1.82, 2.24) is 4.98 Å². The van der Waals surface area contributed by atoms with Crippen LogP contribution in [0.15, 0.2) is 28.6 Å². The van der Waals surface area contributed by atoms with Gasteiger partial charge in [-0.25, -0.2) is 9.78 Å². The van der Waals surface area contributed by atoms with Gasteiger partial charge in [-0.05, 0) is 74.5 Å². The first-order valence-electron chi connectivity index (χ1n) is 12.4. The van der Waals surface area contributed by atoms with Crippen LogP contribution in [0.5, 0.6) is 5.75 Å². The Bertz CT molecular complexity index is 916. The topological polar surface area (TPSA) is 71.5 Å². The second kappa shape index (κ2) is 11.6. The van der Waals surface area contributed by atoms with Crippen LogP contribution in [0.1, 0.15) is 92.4 Å². The summed E-state index contributed by atoms with van der Waals surface area (Å²) in [4.78, 5) is 16.1. The van der Waals surface area contributed by atoms with E-state index in [1.807, 2.05) is 0 Å². The molecule has 0 unspecified atom stereocenters. The second-order valence-electron chi connectivity index (χ2n) is 9.63. The summed E-state index contributed by atoms with van der Waals surface area (Å²) in [6.45, 7) is 2.32. The zero-order valence-electron chi connectivity index (χ0n) is 19.7. The number of hydrogen-bond acceptors (Lipinski definition) is 6. The van der Waals surface area contributed by atoms with E-state index in [9.17, 15) is 4.79 Å². The molecule has 0 atom stereocenters. The highest BCUT2D eigenvalue weighted by molar-refractivity contribution is 8.00. The molecule has 5 nitrogen and oxygen atoms in total. The summed E-state index contributed by atoms with van der Waals surface area (Å²) in [5.74, 6) is 3.04. The Hall–Kier alpha value is -1.73. The van der Waals surface area contributed by atoms with Crippen LogP contribution < -0.4 is 9.46 Å². The summed E-state index contributed by atoms with van der Waals surface area (Å²) in [6.07, 6.45) is 13.9. The maximum absolute atomic E-state index is 11.2. The number of carbonyl (C=O) groups is 1. The van der Waals surface area contributed by atoms with Gasteiger partial charge in [0.25, 0.3) is 0 Å². The van der Waals surface area contributed by atoms with Gasteiger partial charge < -0.3 is 14.6 Å². The van der Waals surface area contributed by atoms with Crippen LogP contribution in [-0.4, -0.2) is 23.2 Å². The average molecular weight is 489 g/mol. The lowest BCUT2D eigenvalue weighted by Gasteiger charge is -2.37. The number of aromatic carboxylic acids is 1. The number of aromatic nitrogens is 1. The average Bonchev–Trinajstić information content (AvgIpc) is 3.32. The van der Waals surface area contributed by atoms with Gasteiger partial charge in [-0.2, -0.15) is 0 Å². The molecule has 2 fully saturated rings. The lowest BCUT2D eigenvalue weighted by molar-refractivity contribution is 0.0696. The van der Waals surface area contributed by atoms with Gasteiger partial charge in [-0.3, -0.25) is 0 Å². The van der Waals surface area contributed by atoms with Crippen molar-refractivity contribution in [2.75, 3.05) is 11.8 Å². The first-order chi connectivity index (χ1) is 16.1. The monoisotopic (exact) mass is 488 g/mol. The van der Waals surface area contributed by atoms with Gasteiger partial charge in [0.15, 0.2) is 0 Å². The summed E-state index contributed by atoms with van der Waals surface area (Å²) in [5, 5.41) is 13.5. The van der Waals surface area contributed by atoms with Gasteiger partial charge >= 0.3 is 5.97 Å². The van der Waals surface area contributed by atoms with Crippen LogP contribution in [0, 0.1) is 17.8 Å². The van der Waals surface area contributed by atoms with Crippen LogP contribution in [-0.2, 0) is 0 Å². The highest BCUT2D eigenvalue weighted by Crippen LogP contribution is 2.45. The molecule has 2 aliphatic rings. The maximum Gasteiger partial charge on any atom is 0.335 e. The standard InChI is InChI=1S/C26H36N2O3S2/c1-3-4-17-5-7-18(8-6-17)19-9-11-20(12-10-19)25-27-24(16-32-25)33-28-22-14-13-21(26(29)30)15-23(22)31-2/h13-20,28H,3-12H2,1-2H3,(H,29,30). The number of hydrogen-bond donors (Lipinski definition) is 2. The number of ether oxygens (including phenoxy) is 1. The molecule has 0 spiro atoms. The smallest absolute Gasteiger partial charge is 0.335 e. The quantitative estimate of drug-likeness (QED) is 0.350. The Kier molecular flexibility index (Phi) is 8.58. The normalized spacial score (nSPS) is 25.5. The summed E-state index contributed by atoms with van der Waals surface area (Å²) in [6, 6.07) is 4.85. The van der Waals surface area contributed by atoms with E-state index in [4.69, 9.17) is 14.8 Å². The highest BCUT2D eigenvalue weighted by atomic mass is 32.2. The van der Waals surface area contributed by atoms with Crippen molar-refractivity contribution < 1.29 is 14.6 Å². The Morgan fingerprint density at radius 2 is 1.85 bits per heavy atom. The van der Waals surface area contributed by atoms with E-state index in [0.717, 1.165) is 28.5 Å². The molecule has 0 aliphatic heterocycles. The first-order valence-corrected chi connectivity index (χ1v) is 14.1. The van der Waals surface area contributed by atoms with Gasteiger partial charge in [0.05, 0.1) is 23.4 Å². The molecule has 1 aromatic heterocycles. The third kappa shape index (κ3) is 6.24. The predicted molar refractivity (Wildman–Crippen MR) is 137 cm³/mol. The van der Waals surface area contributed by atoms with Crippen molar-refractivity contribution in [3.63, 3.8) is 0 Å². The van der Waals surface area contributed by atoms with E-state index in [-0.39, 0.29) is 5.56 Å². The van der Waals surface area contributed by atoms with Gasteiger partial charge in [0.1, 0.15) is 10.8 Å². The number of thiazole rings is 1. The van der Waals surface area contributed by atoms with Crippen molar-refractivity contribution in [3.05, 3.63) is 34.2 Å². The Balaban J connectivity index is 1.26. The van der Waals surface area contributed by atoms with Crippen LogP contribution in [0.2, 0.25) is 0 Å². The third-order valence-corrected chi connectivity index (χ3v) is 9.49. The van der Waals surface area contributed by atoms with E-state index < -0.39 is 5.97 Å². The lowest BCUT2D eigenvalue weighted by Crippen LogP contribution is -2.25. The van der Waals surface area contributed by atoms with Gasteiger partial charge in [0, 0.05) is 23.2 Å². The minimum absolute atomic E-state index is 0.211. The van der Waals surface area contributed by atoms with Crippen molar-refractivity contribution in [2.24, 2.45) is 17.8 Å². The molecule has 180 valence electrons. The van der Waals surface area contributed by atoms with E-state index >= 15 is 0 Å². The molecule has 0 radical (unpaired) electrons. The molecule has 4 rings (SSSR count). The second-order valence-corrected chi connectivity index (χ2v) is 11.3. The summed E-state index contributed by atoms with van der Waals surface area (Å²) >= 11 is 3.22. The number of benzene rings is 1. The summed E-state index contributed by atoms with van der Waals surface area (Å²) < 4.78 is 8.61. The number of rotatable bonds is 9. The van der Waals surface area contributed by atoms with Crippen LogP contribution in [0.25, 0.3) is 0 Å². The molecule has 33 heavy (non-hydrogen) atoms. The highest BCUT2D eigenvalue weighted by Gasteiger charge is 2.32. The molecular formula is C26H36N2O3S2. The Labute approximate surface area is 205 Å². The van der Waals surface area contributed by atoms with E-state index in [1.165, 1.54) is 87.2 Å². The van der Waals surface area contributed by atoms with Gasteiger partial charge in [-0.15, -0.1) is 11.3 Å². The SMILES string of the molecule is CCCC1CCC(C2CCC(c3nc(SNc4ccc(C(=O)O)cc4OC)cs3)CC2)CC1. The predicted octanol–water partition coefficient (Wildman–Crippen LogP) is 7.85. The van der Waals surface area contributed by atoms with Crippen molar-refractivity contribution in [2.45, 2.75) is 82.1 Å². The molecule has 0 bridgehead atoms. The lowest BCUT2D eigenvalue weighted by atomic mass is 9.69. The fourth-order valence-corrected chi connectivity index (χ4v) is 7.49. The minimum Gasteiger partial charge on any atom is -0.495 e.